The molecule has 0 amide bonds. The van der Waals surface area contributed by atoms with Gasteiger partial charge in [-0.05, 0) is 29.9 Å². The SMILES string of the molecule is CC(C)CC(CNC(C)C)c1ccccc1Cl. The van der Waals surface area contributed by atoms with Gasteiger partial charge < -0.3 is 5.32 Å². The van der Waals surface area contributed by atoms with Crippen molar-refractivity contribution in [3.05, 3.63) is 34.9 Å². The first-order valence-electron chi connectivity index (χ1n) is 6.48. The maximum absolute atomic E-state index is 6.29. The zero-order valence-electron chi connectivity index (χ0n) is 11.3. The smallest absolute Gasteiger partial charge is 0.0441 e. The molecule has 0 aliphatic rings. The summed E-state index contributed by atoms with van der Waals surface area (Å²) in [5, 5.41) is 4.41. The first-order valence-corrected chi connectivity index (χ1v) is 6.86. The van der Waals surface area contributed by atoms with Gasteiger partial charge in [0.05, 0.1) is 0 Å². The van der Waals surface area contributed by atoms with E-state index in [2.05, 4.69) is 45.1 Å². The first-order chi connectivity index (χ1) is 8.00. The van der Waals surface area contributed by atoms with E-state index in [1.807, 2.05) is 12.1 Å². The Hall–Kier alpha value is -0.530. The minimum absolute atomic E-state index is 0.506. The average Bonchev–Trinajstić information content (AvgIpc) is 2.24. The largest absolute Gasteiger partial charge is 0.314 e. The Labute approximate surface area is 111 Å². The fourth-order valence-electron chi connectivity index (χ4n) is 2.07. The minimum atomic E-state index is 0.506. The normalized spacial score (nSPS) is 13.4. The van der Waals surface area contributed by atoms with Gasteiger partial charge in [0.15, 0.2) is 0 Å². The highest BCUT2D eigenvalue weighted by molar-refractivity contribution is 6.31. The predicted molar refractivity (Wildman–Crippen MR) is 76.8 cm³/mol. The second kappa shape index (κ2) is 7.03. The molecule has 0 aliphatic heterocycles. The van der Waals surface area contributed by atoms with E-state index < -0.39 is 0 Å². The molecule has 96 valence electrons. The molecule has 1 unspecified atom stereocenters. The van der Waals surface area contributed by atoms with Crippen LogP contribution in [0.15, 0.2) is 24.3 Å². The van der Waals surface area contributed by atoms with Crippen LogP contribution in [0.25, 0.3) is 0 Å². The van der Waals surface area contributed by atoms with E-state index >= 15 is 0 Å². The van der Waals surface area contributed by atoms with Gasteiger partial charge in [-0.15, -0.1) is 0 Å². The summed E-state index contributed by atoms with van der Waals surface area (Å²) >= 11 is 6.29. The van der Waals surface area contributed by atoms with Gasteiger partial charge in [-0.25, -0.2) is 0 Å². The third-order valence-electron chi connectivity index (χ3n) is 2.87. The topological polar surface area (TPSA) is 12.0 Å². The van der Waals surface area contributed by atoms with Crippen LogP contribution >= 0.6 is 11.6 Å². The number of halogens is 1. The fourth-order valence-corrected chi connectivity index (χ4v) is 2.36. The molecule has 1 aromatic carbocycles. The Bertz CT molecular complexity index is 333. The Morgan fingerprint density at radius 3 is 2.29 bits per heavy atom. The number of hydrogen-bond donors (Lipinski definition) is 1. The van der Waals surface area contributed by atoms with Crippen LogP contribution < -0.4 is 5.32 Å². The lowest BCUT2D eigenvalue weighted by Crippen LogP contribution is -2.28. The predicted octanol–water partition coefficient (Wildman–Crippen LogP) is 4.47. The average molecular weight is 254 g/mol. The van der Waals surface area contributed by atoms with E-state index in [0.717, 1.165) is 11.6 Å². The maximum atomic E-state index is 6.29. The van der Waals surface area contributed by atoms with Crippen molar-refractivity contribution in [2.45, 2.75) is 46.1 Å². The highest BCUT2D eigenvalue weighted by atomic mass is 35.5. The van der Waals surface area contributed by atoms with Gasteiger partial charge in [0.1, 0.15) is 0 Å². The molecule has 0 bridgehead atoms. The monoisotopic (exact) mass is 253 g/mol. The standard InChI is InChI=1S/C15H24ClN/c1-11(2)9-13(10-17-12(3)4)14-7-5-6-8-15(14)16/h5-8,11-13,17H,9-10H2,1-4H3. The molecule has 1 nitrogen and oxygen atoms in total. The van der Waals surface area contributed by atoms with Crippen LogP contribution in [0.5, 0.6) is 0 Å². The zero-order chi connectivity index (χ0) is 12.8. The molecule has 17 heavy (non-hydrogen) atoms. The van der Waals surface area contributed by atoms with Crippen LogP contribution in [-0.2, 0) is 0 Å². The van der Waals surface area contributed by atoms with Gasteiger partial charge in [-0.1, -0.05) is 57.5 Å². The second-order valence-corrected chi connectivity index (χ2v) is 5.82. The molecule has 0 saturated carbocycles. The first kappa shape index (κ1) is 14.5. The molecule has 0 aliphatic carbocycles. The molecule has 0 radical (unpaired) electrons. The van der Waals surface area contributed by atoms with Crippen molar-refractivity contribution >= 4 is 11.6 Å². The summed E-state index contributed by atoms with van der Waals surface area (Å²) in [6.45, 7) is 9.89. The highest BCUT2D eigenvalue weighted by Gasteiger charge is 2.16. The quantitative estimate of drug-likeness (QED) is 0.789. The fraction of sp³-hybridized carbons (Fsp3) is 0.600. The molecular formula is C15H24ClN. The summed E-state index contributed by atoms with van der Waals surface area (Å²) in [6, 6.07) is 8.72. The van der Waals surface area contributed by atoms with Crippen molar-refractivity contribution in [3.63, 3.8) is 0 Å². The minimum Gasteiger partial charge on any atom is -0.314 e. The molecular weight excluding hydrogens is 230 g/mol. The van der Waals surface area contributed by atoms with Gasteiger partial charge in [0.2, 0.25) is 0 Å². The van der Waals surface area contributed by atoms with E-state index in [-0.39, 0.29) is 0 Å². The van der Waals surface area contributed by atoms with Crippen molar-refractivity contribution in [3.8, 4) is 0 Å². The molecule has 1 rings (SSSR count). The van der Waals surface area contributed by atoms with E-state index in [0.29, 0.717) is 17.9 Å². The summed E-state index contributed by atoms with van der Waals surface area (Å²) < 4.78 is 0. The lowest BCUT2D eigenvalue weighted by Gasteiger charge is -2.22. The number of benzene rings is 1. The van der Waals surface area contributed by atoms with Gasteiger partial charge in [0, 0.05) is 17.6 Å². The van der Waals surface area contributed by atoms with E-state index in [4.69, 9.17) is 11.6 Å². The van der Waals surface area contributed by atoms with E-state index in [9.17, 15) is 0 Å². The summed E-state index contributed by atoms with van der Waals surface area (Å²) in [5.74, 6) is 1.19. The van der Waals surface area contributed by atoms with Crippen molar-refractivity contribution in [2.24, 2.45) is 5.92 Å². The Balaban J connectivity index is 2.78. The van der Waals surface area contributed by atoms with Crippen LogP contribution in [-0.4, -0.2) is 12.6 Å². The van der Waals surface area contributed by atoms with Crippen molar-refractivity contribution in [2.75, 3.05) is 6.54 Å². The van der Waals surface area contributed by atoms with Crippen LogP contribution in [0.1, 0.15) is 45.6 Å². The third kappa shape index (κ3) is 5.10. The molecule has 1 aromatic rings. The lowest BCUT2D eigenvalue weighted by molar-refractivity contribution is 0.452. The zero-order valence-corrected chi connectivity index (χ0v) is 12.1. The molecule has 0 saturated heterocycles. The van der Waals surface area contributed by atoms with Gasteiger partial charge >= 0.3 is 0 Å². The van der Waals surface area contributed by atoms with E-state index in [1.165, 1.54) is 12.0 Å². The number of nitrogens with one attached hydrogen (secondary N) is 1. The number of hydrogen-bond acceptors (Lipinski definition) is 1. The van der Waals surface area contributed by atoms with Gasteiger partial charge in [-0.2, -0.15) is 0 Å². The van der Waals surface area contributed by atoms with Gasteiger partial charge in [0.25, 0.3) is 0 Å². The molecule has 2 heteroatoms. The summed E-state index contributed by atoms with van der Waals surface area (Å²) in [5.41, 5.74) is 1.27. The molecule has 0 aromatic heterocycles. The van der Waals surface area contributed by atoms with E-state index in [1.54, 1.807) is 0 Å². The summed E-state index contributed by atoms with van der Waals surface area (Å²) in [4.78, 5) is 0. The molecule has 0 fully saturated rings. The lowest BCUT2D eigenvalue weighted by atomic mass is 9.90. The summed E-state index contributed by atoms with van der Waals surface area (Å²) in [7, 11) is 0. The van der Waals surface area contributed by atoms with Gasteiger partial charge in [-0.3, -0.25) is 0 Å². The Morgan fingerprint density at radius 1 is 1.12 bits per heavy atom. The maximum Gasteiger partial charge on any atom is 0.0441 e. The Morgan fingerprint density at radius 2 is 1.76 bits per heavy atom. The highest BCUT2D eigenvalue weighted by Crippen LogP contribution is 2.29. The second-order valence-electron chi connectivity index (χ2n) is 5.41. The molecule has 0 heterocycles. The Kier molecular flexibility index (Phi) is 6.01. The van der Waals surface area contributed by atoms with Crippen LogP contribution in [0.3, 0.4) is 0 Å². The number of rotatable bonds is 6. The van der Waals surface area contributed by atoms with Crippen molar-refractivity contribution in [1.29, 1.82) is 0 Å². The summed E-state index contributed by atoms with van der Waals surface area (Å²) in [6.07, 6.45) is 1.17. The molecule has 1 atom stereocenters. The third-order valence-corrected chi connectivity index (χ3v) is 3.22. The van der Waals surface area contributed by atoms with Crippen molar-refractivity contribution in [1.82, 2.24) is 5.32 Å². The van der Waals surface area contributed by atoms with Crippen LogP contribution in [0.4, 0.5) is 0 Å². The molecule has 0 spiro atoms. The van der Waals surface area contributed by atoms with Crippen LogP contribution in [0, 0.1) is 5.92 Å². The van der Waals surface area contributed by atoms with Crippen LogP contribution in [0.2, 0.25) is 5.02 Å². The molecule has 1 N–H and O–H groups in total. The van der Waals surface area contributed by atoms with Crippen molar-refractivity contribution < 1.29 is 0 Å².